The van der Waals surface area contributed by atoms with E-state index in [9.17, 15) is 0 Å². The maximum atomic E-state index is 6.14. The molecule has 0 spiro atoms. The molecule has 0 fully saturated rings. The van der Waals surface area contributed by atoms with Gasteiger partial charge in [0.1, 0.15) is 11.2 Å². The Balaban J connectivity index is 1.08. The molecule has 55 heavy (non-hydrogen) atoms. The monoisotopic (exact) mass is 719 g/mol. The Bertz CT molecular complexity index is 3220. The molecule has 11 rings (SSSR count). The fraction of sp³-hybridized carbons (Fsp3) is 0. The van der Waals surface area contributed by atoms with Gasteiger partial charge in [0.05, 0.1) is 5.69 Å². The summed E-state index contributed by atoms with van der Waals surface area (Å²) in [5.41, 5.74) is 12.2. The van der Waals surface area contributed by atoms with Gasteiger partial charge in [-0.1, -0.05) is 133 Å². The topological polar surface area (TPSA) is 16.4 Å². The second-order valence-electron chi connectivity index (χ2n) is 14.1. The van der Waals surface area contributed by atoms with Crippen molar-refractivity contribution in [1.29, 1.82) is 0 Å². The van der Waals surface area contributed by atoms with E-state index in [2.05, 4.69) is 193 Å². The van der Waals surface area contributed by atoms with Gasteiger partial charge in [0, 0.05) is 47.9 Å². The van der Waals surface area contributed by atoms with Crippen molar-refractivity contribution in [1.82, 2.24) is 0 Å². The number of hydrogen-bond donors (Lipinski definition) is 0. The molecule has 0 aliphatic heterocycles. The van der Waals surface area contributed by atoms with Gasteiger partial charge in [-0.25, -0.2) is 0 Å². The summed E-state index contributed by atoms with van der Waals surface area (Å²) in [4.78, 5) is 2.42. The van der Waals surface area contributed by atoms with Crippen LogP contribution in [-0.4, -0.2) is 0 Å². The molecule has 2 aromatic heterocycles. The molecule has 11 aromatic rings. The third-order valence-corrected chi connectivity index (χ3v) is 12.0. The van der Waals surface area contributed by atoms with Crippen LogP contribution in [0.25, 0.3) is 86.3 Å². The number of nitrogens with zero attached hydrogens (tertiary/aromatic N) is 1. The predicted molar refractivity (Wildman–Crippen MR) is 235 cm³/mol. The number of furan rings is 1. The van der Waals surface area contributed by atoms with Crippen molar-refractivity contribution in [2.75, 3.05) is 4.90 Å². The second kappa shape index (κ2) is 12.9. The Hall–Kier alpha value is -6.94. The predicted octanol–water partition coefficient (Wildman–Crippen LogP) is 15.6. The average molecular weight is 720 g/mol. The molecule has 2 nitrogen and oxygen atoms in total. The van der Waals surface area contributed by atoms with Crippen LogP contribution in [0, 0.1) is 0 Å². The second-order valence-corrected chi connectivity index (χ2v) is 15.2. The molecule has 0 saturated heterocycles. The van der Waals surface area contributed by atoms with E-state index in [1.165, 1.54) is 53.2 Å². The van der Waals surface area contributed by atoms with Crippen LogP contribution in [0.4, 0.5) is 17.1 Å². The van der Waals surface area contributed by atoms with Crippen LogP contribution in [0.5, 0.6) is 0 Å². The highest BCUT2D eigenvalue weighted by Gasteiger charge is 2.20. The van der Waals surface area contributed by atoms with E-state index >= 15 is 0 Å². The molecule has 0 aliphatic carbocycles. The third-order valence-electron chi connectivity index (χ3n) is 10.9. The minimum Gasteiger partial charge on any atom is -0.456 e. The van der Waals surface area contributed by atoms with Crippen LogP contribution in [0.15, 0.2) is 205 Å². The third kappa shape index (κ3) is 5.40. The van der Waals surface area contributed by atoms with E-state index in [1.807, 2.05) is 23.5 Å². The molecule has 0 aliphatic rings. The van der Waals surface area contributed by atoms with Crippen molar-refractivity contribution < 1.29 is 4.42 Å². The highest BCUT2D eigenvalue weighted by atomic mass is 32.1. The van der Waals surface area contributed by atoms with Crippen molar-refractivity contribution in [3.63, 3.8) is 0 Å². The van der Waals surface area contributed by atoms with Gasteiger partial charge < -0.3 is 9.32 Å². The summed E-state index contributed by atoms with van der Waals surface area (Å²) < 4.78 is 8.74. The minimum atomic E-state index is 0.907. The van der Waals surface area contributed by atoms with Gasteiger partial charge in [0.15, 0.2) is 0 Å². The fourth-order valence-corrected chi connectivity index (χ4v) is 9.36. The summed E-state index contributed by atoms with van der Waals surface area (Å²) in [5.74, 6) is 0. The van der Waals surface area contributed by atoms with Gasteiger partial charge >= 0.3 is 0 Å². The van der Waals surface area contributed by atoms with E-state index in [0.29, 0.717) is 0 Å². The number of hydrogen-bond acceptors (Lipinski definition) is 3. The standard InChI is InChI=1S/C52H33NOS/c1-2-12-36-31-38(24-23-34(36)11-1)37-13-9-14-41(32-37)53(40-28-25-35(26-29-40)39-27-30-49-46(33-39)43-16-4-7-20-48(43)54-49)47-19-6-3-15-42(47)44-18-10-22-51-52(44)45-17-5-8-21-50(45)55-51/h1-33H. The van der Waals surface area contributed by atoms with Crippen LogP contribution < -0.4 is 4.90 Å². The molecule has 9 aromatic carbocycles. The van der Waals surface area contributed by atoms with Crippen molar-refractivity contribution in [3.8, 4) is 33.4 Å². The molecular formula is C52H33NOS. The van der Waals surface area contributed by atoms with Crippen LogP contribution in [-0.2, 0) is 0 Å². The van der Waals surface area contributed by atoms with Gasteiger partial charge in [-0.2, -0.15) is 0 Å². The lowest BCUT2D eigenvalue weighted by Crippen LogP contribution is -2.11. The highest BCUT2D eigenvalue weighted by molar-refractivity contribution is 7.25. The lowest BCUT2D eigenvalue weighted by Gasteiger charge is -2.28. The van der Waals surface area contributed by atoms with Gasteiger partial charge in [-0.05, 0) is 105 Å². The molecular weight excluding hydrogens is 687 g/mol. The molecule has 0 amide bonds. The first-order chi connectivity index (χ1) is 27.2. The highest BCUT2D eigenvalue weighted by Crippen LogP contribution is 2.46. The Labute approximate surface area is 322 Å². The number of para-hydroxylation sites is 2. The molecule has 3 heteroatoms. The molecule has 0 saturated carbocycles. The van der Waals surface area contributed by atoms with Crippen molar-refractivity contribution in [2.45, 2.75) is 0 Å². The van der Waals surface area contributed by atoms with Gasteiger partial charge in [0.2, 0.25) is 0 Å². The smallest absolute Gasteiger partial charge is 0.135 e. The summed E-state index contributed by atoms with van der Waals surface area (Å²) in [6.07, 6.45) is 0. The SMILES string of the molecule is c1cc(-c2ccc3ccccc3c2)cc(N(c2ccc(-c3ccc4oc5ccccc5c4c3)cc2)c2ccccc2-c2cccc3sc4ccccc4c23)c1. The molecule has 0 unspecified atom stereocenters. The Morgan fingerprint density at radius 2 is 1.02 bits per heavy atom. The lowest BCUT2D eigenvalue weighted by atomic mass is 9.96. The molecule has 0 atom stereocenters. The number of anilines is 3. The quantitative estimate of drug-likeness (QED) is 0.170. The zero-order chi connectivity index (χ0) is 36.3. The summed E-state index contributed by atoms with van der Waals surface area (Å²) >= 11 is 1.86. The molecule has 0 N–H and O–H groups in total. The molecule has 2 heterocycles. The van der Waals surface area contributed by atoms with Crippen LogP contribution in [0.2, 0.25) is 0 Å². The zero-order valence-corrected chi connectivity index (χ0v) is 30.6. The maximum Gasteiger partial charge on any atom is 0.135 e. The Morgan fingerprint density at radius 1 is 0.364 bits per heavy atom. The van der Waals surface area contributed by atoms with E-state index < -0.39 is 0 Å². The van der Waals surface area contributed by atoms with Crippen molar-refractivity contribution >= 4 is 81.3 Å². The first-order valence-electron chi connectivity index (χ1n) is 18.7. The first-order valence-corrected chi connectivity index (χ1v) is 19.5. The fourth-order valence-electron chi connectivity index (χ4n) is 8.22. The Morgan fingerprint density at radius 3 is 1.95 bits per heavy atom. The summed E-state index contributed by atoms with van der Waals surface area (Å²) in [6.45, 7) is 0. The van der Waals surface area contributed by atoms with Gasteiger partial charge in [-0.3, -0.25) is 0 Å². The number of fused-ring (bicyclic) bond motifs is 7. The molecule has 258 valence electrons. The van der Waals surface area contributed by atoms with Gasteiger partial charge in [0.25, 0.3) is 0 Å². The average Bonchev–Trinajstić information content (AvgIpc) is 3.82. The number of benzene rings is 9. The van der Waals surface area contributed by atoms with Crippen LogP contribution in [0.1, 0.15) is 0 Å². The summed E-state index contributed by atoms with van der Waals surface area (Å²) in [7, 11) is 0. The zero-order valence-electron chi connectivity index (χ0n) is 29.8. The van der Waals surface area contributed by atoms with E-state index in [0.717, 1.165) is 50.1 Å². The maximum absolute atomic E-state index is 6.14. The largest absolute Gasteiger partial charge is 0.456 e. The van der Waals surface area contributed by atoms with E-state index in [-0.39, 0.29) is 0 Å². The van der Waals surface area contributed by atoms with E-state index in [4.69, 9.17) is 4.42 Å². The number of rotatable bonds is 6. The number of thiophene rings is 1. The summed E-state index contributed by atoms with van der Waals surface area (Å²) in [6, 6.07) is 72.4. The van der Waals surface area contributed by atoms with E-state index in [1.54, 1.807) is 0 Å². The minimum absolute atomic E-state index is 0.907. The van der Waals surface area contributed by atoms with Gasteiger partial charge in [-0.15, -0.1) is 11.3 Å². The normalized spacial score (nSPS) is 11.6. The van der Waals surface area contributed by atoms with Crippen molar-refractivity contribution in [3.05, 3.63) is 200 Å². The van der Waals surface area contributed by atoms with Crippen molar-refractivity contribution in [2.24, 2.45) is 0 Å². The van der Waals surface area contributed by atoms with Crippen LogP contribution in [0.3, 0.4) is 0 Å². The molecule has 0 radical (unpaired) electrons. The lowest BCUT2D eigenvalue weighted by molar-refractivity contribution is 0.669. The Kier molecular flexibility index (Phi) is 7.39. The van der Waals surface area contributed by atoms with Crippen LogP contribution >= 0.6 is 11.3 Å². The summed E-state index contributed by atoms with van der Waals surface area (Å²) in [5, 5.41) is 7.35. The molecule has 0 bridgehead atoms. The first kappa shape index (κ1) is 31.6.